The van der Waals surface area contributed by atoms with E-state index in [1.54, 1.807) is 6.07 Å². The van der Waals surface area contributed by atoms with Crippen molar-refractivity contribution in [2.75, 3.05) is 31.6 Å². The first-order chi connectivity index (χ1) is 8.74. The molecule has 0 radical (unpaired) electrons. The van der Waals surface area contributed by atoms with E-state index in [-0.39, 0.29) is 5.56 Å². The Morgan fingerprint density at radius 3 is 2.89 bits per heavy atom. The summed E-state index contributed by atoms with van der Waals surface area (Å²) in [7, 11) is 1.94. The lowest BCUT2D eigenvalue weighted by atomic mass is 10.3. The van der Waals surface area contributed by atoms with Crippen LogP contribution in [0, 0.1) is 0 Å². The molecule has 1 saturated carbocycles. The average Bonchev–Trinajstić information content (AvgIpc) is 3.17. The molecule has 18 heavy (non-hydrogen) atoms. The van der Waals surface area contributed by atoms with E-state index >= 15 is 0 Å². The van der Waals surface area contributed by atoms with E-state index in [4.69, 9.17) is 0 Å². The molecule has 1 aromatic heterocycles. The monoisotopic (exact) mass is 250 g/mol. The first kappa shape index (κ1) is 13.1. The summed E-state index contributed by atoms with van der Waals surface area (Å²) in [6.45, 7) is 4.85. The molecule has 5 nitrogen and oxygen atoms in total. The summed E-state index contributed by atoms with van der Waals surface area (Å²) in [5.74, 6) is 2.16. The number of nitrogens with one attached hydrogen (secondary N) is 2. The van der Waals surface area contributed by atoms with Gasteiger partial charge in [0.15, 0.2) is 0 Å². The highest BCUT2D eigenvalue weighted by atomic mass is 16.1. The molecular formula is C13H22N4O. The molecule has 1 fully saturated rings. The van der Waals surface area contributed by atoms with E-state index in [2.05, 4.69) is 27.1 Å². The molecule has 0 bridgehead atoms. The topological polar surface area (TPSA) is 61.0 Å². The Bertz CT molecular complexity index is 439. The van der Waals surface area contributed by atoms with E-state index in [1.165, 1.54) is 0 Å². The van der Waals surface area contributed by atoms with Crippen molar-refractivity contribution >= 4 is 5.82 Å². The maximum Gasteiger partial charge on any atom is 0.252 e. The van der Waals surface area contributed by atoms with Gasteiger partial charge in [-0.25, -0.2) is 4.98 Å². The van der Waals surface area contributed by atoms with Crippen LogP contribution < -0.4 is 15.8 Å². The largest absolute Gasteiger partial charge is 0.355 e. The molecule has 1 aliphatic carbocycles. The Morgan fingerprint density at radius 2 is 2.28 bits per heavy atom. The zero-order valence-electron chi connectivity index (χ0n) is 11.2. The van der Waals surface area contributed by atoms with Crippen LogP contribution in [0.4, 0.5) is 5.82 Å². The van der Waals surface area contributed by atoms with Crippen molar-refractivity contribution in [1.29, 1.82) is 0 Å². The Hall–Kier alpha value is -1.36. The zero-order chi connectivity index (χ0) is 13.0. The third kappa shape index (κ3) is 3.32. The van der Waals surface area contributed by atoms with E-state index in [0.717, 1.165) is 50.5 Å². The molecule has 5 heteroatoms. The van der Waals surface area contributed by atoms with Crippen LogP contribution in [0.15, 0.2) is 10.9 Å². The zero-order valence-corrected chi connectivity index (χ0v) is 11.2. The molecule has 0 aromatic carbocycles. The summed E-state index contributed by atoms with van der Waals surface area (Å²) in [5, 5.41) is 3.14. The van der Waals surface area contributed by atoms with Crippen LogP contribution in [0.2, 0.25) is 0 Å². The second-order valence-corrected chi connectivity index (χ2v) is 4.85. The van der Waals surface area contributed by atoms with Gasteiger partial charge in [-0.1, -0.05) is 6.92 Å². The second-order valence-electron chi connectivity index (χ2n) is 4.85. The van der Waals surface area contributed by atoms with Gasteiger partial charge < -0.3 is 15.2 Å². The van der Waals surface area contributed by atoms with Crippen molar-refractivity contribution < 1.29 is 0 Å². The van der Waals surface area contributed by atoms with E-state index in [1.807, 2.05) is 7.05 Å². The molecule has 1 aliphatic rings. The summed E-state index contributed by atoms with van der Waals surface area (Å²) < 4.78 is 0. The summed E-state index contributed by atoms with van der Waals surface area (Å²) in [5.41, 5.74) is -0.0348. The van der Waals surface area contributed by atoms with Crippen LogP contribution >= 0.6 is 0 Å². The van der Waals surface area contributed by atoms with Crippen molar-refractivity contribution in [1.82, 2.24) is 15.3 Å². The maximum absolute atomic E-state index is 11.7. The van der Waals surface area contributed by atoms with Crippen molar-refractivity contribution in [3.8, 4) is 0 Å². The Morgan fingerprint density at radius 1 is 1.50 bits per heavy atom. The molecule has 0 unspecified atom stereocenters. The van der Waals surface area contributed by atoms with Crippen molar-refractivity contribution in [2.24, 2.45) is 0 Å². The lowest BCUT2D eigenvalue weighted by Crippen LogP contribution is -2.33. The number of hydrogen-bond acceptors (Lipinski definition) is 4. The molecule has 100 valence electrons. The third-order valence-electron chi connectivity index (χ3n) is 3.16. The highest BCUT2D eigenvalue weighted by molar-refractivity contribution is 5.38. The van der Waals surface area contributed by atoms with E-state index < -0.39 is 0 Å². The molecule has 1 heterocycles. The molecule has 1 aromatic rings. The first-order valence-corrected chi connectivity index (χ1v) is 6.75. The van der Waals surface area contributed by atoms with Crippen LogP contribution in [0.1, 0.15) is 37.9 Å². The van der Waals surface area contributed by atoms with Crippen molar-refractivity contribution in [2.45, 2.75) is 32.1 Å². The number of nitrogens with zero attached hydrogens (tertiary/aromatic N) is 2. The molecule has 0 atom stereocenters. The van der Waals surface area contributed by atoms with Gasteiger partial charge in [0.1, 0.15) is 11.6 Å². The first-order valence-electron chi connectivity index (χ1n) is 6.75. The van der Waals surface area contributed by atoms with Crippen LogP contribution in [-0.2, 0) is 0 Å². The number of likely N-dealkylation sites (N-methyl/N-ethyl adjacent to an activating group) is 1. The highest BCUT2D eigenvalue weighted by Crippen LogP contribution is 2.37. The van der Waals surface area contributed by atoms with Crippen LogP contribution in [0.3, 0.4) is 0 Å². The molecule has 0 amide bonds. The third-order valence-corrected chi connectivity index (χ3v) is 3.16. The SMILES string of the molecule is CCCN(CCNC)c1cc(=O)[nH]c(C2CC2)n1. The van der Waals surface area contributed by atoms with Gasteiger partial charge in [-0.2, -0.15) is 0 Å². The number of aromatic nitrogens is 2. The normalized spacial score (nSPS) is 14.8. The molecular weight excluding hydrogens is 228 g/mol. The molecule has 2 N–H and O–H groups in total. The maximum atomic E-state index is 11.7. The van der Waals surface area contributed by atoms with Crippen molar-refractivity contribution in [3.05, 3.63) is 22.2 Å². The predicted molar refractivity (Wildman–Crippen MR) is 73.3 cm³/mol. The number of H-pyrrole nitrogens is 1. The summed E-state index contributed by atoms with van der Waals surface area (Å²) >= 11 is 0. The number of anilines is 1. The van der Waals surface area contributed by atoms with Crippen LogP contribution in [0.25, 0.3) is 0 Å². The Labute approximate surface area is 108 Å². The van der Waals surface area contributed by atoms with E-state index in [9.17, 15) is 4.79 Å². The molecule has 2 rings (SSSR count). The van der Waals surface area contributed by atoms with Crippen LogP contribution in [-0.4, -0.2) is 36.6 Å². The quantitative estimate of drug-likeness (QED) is 0.760. The lowest BCUT2D eigenvalue weighted by molar-refractivity contribution is 0.697. The Kier molecular flexibility index (Phi) is 4.36. The van der Waals surface area contributed by atoms with Gasteiger partial charge in [-0.3, -0.25) is 4.79 Å². The minimum Gasteiger partial charge on any atom is -0.355 e. The van der Waals surface area contributed by atoms with Gasteiger partial charge in [0.05, 0.1) is 0 Å². The van der Waals surface area contributed by atoms with Crippen LogP contribution in [0.5, 0.6) is 0 Å². The van der Waals surface area contributed by atoms with Gasteiger partial charge in [0, 0.05) is 31.6 Å². The number of hydrogen-bond donors (Lipinski definition) is 2. The standard InChI is InChI=1S/C13H22N4O/c1-3-7-17(8-6-14-2)11-9-12(18)16-13(15-11)10-4-5-10/h9-10,14H,3-8H2,1-2H3,(H,15,16,18). The lowest BCUT2D eigenvalue weighted by Gasteiger charge is -2.23. The molecule has 0 spiro atoms. The van der Waals surface area contributed by atoms with Gasteiger partial charge in [0.2, 0.25) is 0 Å². The Balaban J connectivity index is 2.19. The summed E-state index contributed by atoms with van der Waals surface area (Å²) in [6, 6.07) is 1.61. The van der Waals surface area contributed by atoms with E-state index in [0.29, 0.717) is 5.92 Å². The van der Waals surface area contributed by atoms with Gasteiger partial charge >= 0.3 is 0 Å². The summed E-state index contributed by atoms with van der Waals surface area (Å²) in [6.07, 6.45) is 3.35. The van der Waals surface area contributed by atoms with Gasteiger partial charge in [0.25, 0.3) is 5.56 Å². The predicted octanol–water partition coefficient (Wildman–Crippen LogP) is 1.08. The fraction of sp³-hybridized carbons (Fsp3) is 0.692. The van der Waals surface area contributed by atoms with Gasteiger partial charge in [-0.05, 0) is 26.3 Å². The minimum atomic E-state index is -0.0348. The average molecular weight is 250 g/mol. The smallest absolute Gasteiger partial charge is 0.252 e. The molecule has 0 saturated heterocycles. The summed E-state index contributed by atoms with van der Waals surface area (Å²) in [4.78, 5) is 21.3. The van der Waals surface area contributed by atoms with Gasteiger partial charge in [-0.15, -0.1) is 0 Å². The number of rotatable bonds is 7. The number of aromatic amines is 1. The van der Waals surface area contributed by atoms with Crippen molar-refractivity contribution in [3.63, 3.8) is 0 Å². The highest BCUT2D eigenvalue weighted by Gasteiger charge is 2.26. The fourth-order valence-electron chi connectivity index (χ4n) is 2.03. The second kappa shape index (κ2) is 6.00. The fourth-order valence-corrected chi connectivity index (χ4v) is 2.03. The minimum absolute atomic E-state index is 0.0348. The molecule has 0 aliphatic heterocycles.